The van der Waals surface area contributed by atoms with Gasteiger partial charge in [0.05, 0.1) is 0 Å². The number of hydrogen-bond donors (Lipinski definition) is 3. The minimum atomic E-state index is -0.923. The fourth-order valence-corrected chi connectivity index (χ4v) is 2.82. The van der Waals surface area contributed by atoms with Crippen LogP contribution in [0, 0.1) is 11.8 Å². The molecule has 0 unspecified atom stereocenters. The zero-order valence-electron chi connectivity index (χ0n) is 13.2. The predicted molar refractivity (Wildman–Crippen MR) is 82.1 cm³/mol. The molecule has 1 saturated carbocycles. The summed E-state index contributed by atoms with van der Waals surface area (Å²) in [6, 6.07) is 0.983. The molecule has 1 heterocycles. The fraction of sp³-hybridized carbons (Fsp3) is 0.600. The second-order valence-corrected chi connectivity index (χ2v) is 6.02. The van der Waals surface area contributed by atoms with E-state index < -0.39 is 29.7 Å². The van der Waals surface area contributed by atoms with Crippen molar-refractivity contribution in [1.29, 1.82) is 0 Å². The molecule has 1 amide bonds. The molecule has 23 heavy (non-hydrogen) atoms. The van der Waals surface area contributed by atoms with Crippen LogP contribution < -0.4 is 16.6 Å². The molecule has 0 bridgehead atoms. The van der Waals surface area contributed by atoms with Crippen LogP contribution in [0.5, 0.6) is 0 Å². The van der Waals surface area contributed by atoms with Crippen molar-refractivity contribution in [2.24, 2.45) is 11.8 Å². The van der Waals surface area contributed by atoms with Gasteiger partial charge in [-0.05, 0) is 18.3 Å². The molecule has 8 nitrogen and oxygen atoms in total. The van der Waals surface area contributed by atoms with Crippen LogP contribution >= 0.6 is 0 Å². The smallest absolute Gasteiger partial charge is 0.355 e. The van der Waals surface area contributed by atoms with Gasteiger partial charge < -0.3 is 15.0 Å². The highest BCUT2D eigenvalue weighted by Crippen LogP contribution is 2.29. The predicted octanol–water partition coefficient (Wildman–Crippen LogP) is 0.161. The van der Waals surface area contributed by atoms with Crippen molar-refractivity contribution in [2.45, 2.75) is 39.2 Å². The Morgan fingerprint density at radius 3 is 2.70 bits per heavy atom. The van der Waals surface area contributed by atoms with Gasteiger partial charge in [-0.15, -0.1) is 0 Å². The van der Waals surface area contributed by atoms with Crippen molar-refractivity contribution in [2.75, 3.05) is 6.61 Å². The van der Waals surface area contributed by atoms with Crippen LogP contribution in [0.15, 0.2) is 15.7 Å². The van der Waals surface area contributed by atoms with Crippen molar-refractivity contribution in [3.05, 3.63) is 32.6 Å². The molecule has 0 aliphatic heterocycles. The zero-order valence-corrected chi connectivity index (χ0v) is 13.2. The Labute approximate surface area is 132 Å². The minimum Gasteiger partial charge on any atom is -0.451 e. The molecule has 3 atom stereocenters. The number of hydrogen-bond acceptors (Lipinski definition) is 5. The Hall–Kier alpha value is -2.38. The highest BCUT2D eigenvalue weighted by Gasteiger charge is 2.28. The van der Waals surface area contributed by atoms with Gasteiger partial charge in [0.2, 0.25) is 0 Å². The number of H-pyrrole nitrogens is 2. The summed E-state index contributed by atoms with van der Waals surface area (Å²) in [5.41, 5.74) is -1.81. The Balaban J connectivity index is 1.87. The van der Waals surface area contributed by atoms with E-state index in [4.69, 9.17) is 4.74 Å². The molecule has 0 spiro atoms. The number of ether oxygens (including phenoxy) is 1. The molecular formula is C15H21N3O5. The van der Waals surface area contributed by atoms with Crippen molar-refractivity contribution in [1.82, 2.24) is 15.3 Å². The number of aromatic amines is 2. The molecule has 1 aliphatic rings. The lowest BCUT2D eigenvalue weighted by molar-refractivity contribution is -0.125. The molecule has 1 aromatic rings. The van der Waals surface area contributed by atoms with E-state index in [0.29, 0.717) is 11.8 Å². The summed E-state index contributed by atoms with van der Waals surface area (Å²) >= 11 is 0. The van der Waals surface area contributed by atoms with E-state index in [9.17, 15) is 19.2 Å². The summed E-state index contributed by atoms with van der Waals surface area (Å²) in [6.45, 7) is 3.80. The third-order valence-corrected chi connectivity index (χ3v) is 4.37. The van der Waals surface area contributed by atoms with Crippen molar-refractivity contribution in [3.63, 3.8) is 0 Å². The van der Waals surface area contributed by atoms with E-state index in [2.05, 4.69) is 24.1 Å². The minimum absolute atomic E-state index is 0.0735. The van der Waals surface area contributed by atoms with Crippen molar-refractivity contribution in [3.8, 4) is 0 Å². The number of carbonyl (C=O) groups excluding carboxylic acids is 2. The lowest BCUT2D eigenvalue weighted by Crippen LogP contribution is -2.45. The van der Waals surface area contributed by atoms with Crippen LogP contribution in [0.1, 0.15) is 43.6 Å². The standard InChI is InChI=1S/C15H21N3O5/c1-8-4-3-5-10(9(8)2)16-13(20)7-23-14(21)11-6-12(19)18-15(22)17-11/h6,8-10H,3-5,7H2,1-2H3,(H,16,20)(H2,17,18,19,22)/t8-,9-,10+/m0/s1. The molecule has 0 saturated heterocycles. The first kappa shape index (κ1) is 17.0. The van der Waals surface area contributed by atoms with Gasteiger partial charge in [0.25, 0.3) is 11.5 Å². The summed E-state index contributed by atoms with van der Waals surface area (Å²) in [4.78, 5) is 49.9. The summed E-state index contributed by atoms with van der Waals surface area (Å²) < 4.78 is 4.83. The number of carbonyl (C=O) groups is 2. The quantitative estimate of drug-likeness (QED) is 0.682. The summed E-state index contributed by atoms with van der Waals surface area (Å²) in [7, 11) is 0. The van der Waals surface area contributed by atoms with Gasteiger partial charge in [-0.2, -0.15) is 0 Å². The fourth-order valence-electron chi connectivity index (χ4n) is 2.82. The van der Waals surface area contributed by atoms with Crippen LogP contribution in [0.2, 0.25) is 0 Å². The molecule has 1 fully saturated rings. The molecule has 1 aliphatic carbocycles. The number of nitrogens with one attached hydrogen (secondary N) is 3. The third kappa shape index (κ3) is 4.54. The third-order valence-electron chi connectivity index (χ3n) is 4.37. The second kappa shape index (κ2) is 7.26. The first-order chi connectivity index (χ1) is 10.9. The number of esters is 1. The molecular weight excluding hydrogens is 302 g/mol. The Bertz CT molecular complexity index is 665. The summed E-state index contributed by atoms with van der Waals surface area (Å²) in [5.74, 6) is -0.407. The lowest BCUT2D eigenvalue weighted by atomic mass is 9.78. The maximum Gasteiger partial charge on any atom is 0.355 e. The Morgan fingerprint density at radius 1 is 1.26 bits per heavy atom. The molecule has 126 valence electrons. The van der Waals surface area contributed by atoms with Crippen LogP contribution in [0.4, 0.5) is 0 Å². The van der Waals surface area contributed by atoms with Gasteiger partial charge in [0, 0.05) is 12.1 Å². The number of amides is 1. The van der Waals surface area contributed by atoms with Gasteiger partial charge in [-0.3, -0.25) is 14.6 Å². The first-order valence-corrected chi connectivity index (χ1v) is 7.67. The molecule has 0 aromatic carbocycles. The van der Waals surface area contributed by atoms with Crippen LogP contribution in [0.3, 0.4) is 0 Å². The summed E-state index contributed by atoms with van der Waals surface area (Å²) in [5, 5.41) is 2.87. The molecule has 1 aromatic heterocycles. The van der Waals surface area contributed by atoms with E-state index in [1.165, 1.54) is 0 Å². The molecule has 3 N–H and O–H groups in total. The number of rotatable bonds is 4. The average Bonchev–Trinajstić information content (AvgIpc) is 2.48. The second-order valence-electron chi connectivity index (χ2n) is 6.02. The average molecular weight is 323 g/mol. The molecule has 8 heteroatoms. The van der Waals surface area contributed by atoms with Gasteiger partial charge in [0.15, 0.2) is 6.61 Å². The largest absolute Gasteiger partial charge is 0.451 e. The van der Waals surface area contributed by atoms with Crippen LogP contribution in [-0.2, 0) is 9.53 Å². The summed E-state index contributed by atoms with van der Waals surface area (Å²) in [6.07, 6.45) is 3.12. The molecule has 0 radical (unpaired) electrons. The maximum atomic E-state index is 11.9. The Kier molecular flexibility index (Phi) is 5.36. The van der Waals surface area contributed by atoms with Crippen molar-refractivity contribution >= 4 is 11.9 Å². The normalized spacial score (nSPS) is 24.0. The van der Waals surface area contributed by atoms with Gasteiger partial charge >= 0.3 is 11.7 Å². The SMILES string of the molecule is C[C@H]1[C@@H](C)CCC[C@H]1NC(=O)COC(=O)c1cc(=O)[nH]c(=O)[nH]1. The van der Waals surface area contributed by atoms with Gasteiger partial charge in [0.1, 0.15) is 5.69 Å². The highest BCUT2D eigenvalue weighted by atomic mass is 16.5. The van der Waals surface area contributed by atoms with Crippen LogP contribution in [0.25, 0.3) is 0 Å². The highest BCUT2D eigenvalue weighted by molar-refractivity contribution is 5.89. The Morgan fingerprint density at radius 2 is 2.00 bits per heavy atom. The van der Waals surface area contributed by atoms with Crippen molar-refractivity contribution < 1.29 is 14.3 Å². The maximum absolute atomic E-state index is 11.9. The first-order valence-electron chi connectivity index (χ1n) is 7.67. The monoisotopic (exact) mass is 323 g/mol. The van der Waals surface area contributed by atoms with E-state index in [1.54, 1.807) is 0 Å². The number of aromatic nitrogens is 2. The molecule has 2 rings (SSSR count). The van der Waals surface area contributed by atoms with E-state index in [1.807, 2.05) is 4.98 Å². The zero-order chi connectivity index (χ0) is 17.0. The van der Waals surface area contributed by atoms with Gasteiger partial charge in [-0.1, -0.05) is 26.7 Å². The van der Waals surface area contributed by atoms with E-state index in [-0.39, 0.29) is 11.7 Å². The topological polar surface area (TPSA) is 121 Å². The van der Waals surface area contributed by atoms with E-state index in [0.717, 1.165) is 25.3 Å². The lowest BCUT2D eigenvalue weighted by Gasteiger charge is -2.34. The van der Waals surface area contributed by atoms with E-state index >= 15 is 0 Å². The van der Waals surface area contributed by atoms with Gasteiger partial charge in [-0.25, -0.2) is 9.59 Å². The van der Waals surface area contributed by atoms with Crippen LogP contribution in [-0.4, -0.2) is 34.5 Å².